The summed E-state index contributed by atoms with van der Waals surface area (Å²) in [6, 6.07) is 15.4. The number of hydrogen-bond acceptors (Lipinski definition) is 3. The smallest absolute Gasteiger partial charge is 0.251 e. The van der Waals surface area contributed by atoms with Crippen molar-refractivity contribution in [2.24, 2.45) is 0 Å². The fraction of sp³-hybridized carbons (Fsp3) is 0.381. The van der Waals surface area contributed by atoms with E-state index in [2.05, 4.69) is 17.4 Å². The van der Waals surface area contributed by atoms with Crippen LogP contribution in [-0.2, 0) is 22.9 Å². The van der Waals surface area contributed by atoms with Crippen LogP contribution in [0.15, 0.2) is 48.5 Å². The maximum atomic E-state index is 12.6. The van der Waals surface area contributed by atoms with Gasteiger partial charge in [-0.05, 0) is 62.4 Å². The quantitative estimate of drug-likeness (QED) is 0.829. The number of nitrogens with one attached hydrogen (secondary N) is 1. The molecular weight excluding hydrogens is 360 g/mol. The van der Waals surface area contributed by atoms with Gasteiger partial charge in [0.1, 0.15) is 0 Å². The lowest BCUT2D eigenvalue weighted by Gasteiger charge is -2.22. The zero-order valence-electron chi connectivity index (χ0n) is 16.0. The highest BCUT2D eigenvalue weighted by molar-refractivity contribution is 7.92. The molecule has 2 unspecified atom stereocenters. The van der Waals surface area contributed by atoms with E-state index in [9.17, 15) is 13.2 Å². The molecule has 27 heavy (non-hydrogen) atoms. The van der Waals surface area contributed by atoms with Crippen LogP contribution >= 0.6 is 0 Å². The Kier molecular flexibility index (Phi) is 5.56. The Labute approximate surface area is 161 Å². The van der Waals surface area contributed by atoms with Crippen LogP contribution in [0.4, 0.5) is 5.69 Å². The first kappa shape index (κ1) is 19.4. The molecule has 2 aromatic rings. The molecule has 5 nitrogen and oxygen atoms in total. The van der Waals surface area contributed by atoms with Crippen LogP contribution < -0.4 is 9.62 Å². The third-order valence-corrected chi connectivity index (χ3v) is 6.21. The molecule has 0 aromatic heterocycles. The summed E-state index contributed by atoms with van der Waals surface area (Å²) in [5.41, 5.74) is 3.41. The Morgan fingerprint density at radius 3 is 2.59 bits per heavy atom. The SMILES string of the molecule is CC(CCc1ccccc1)NC(=O)c1ccc2c(c1)CC(C)N2S(C)(=O)=O. The number of aryl methyl sites for hydroxylation is 1. The lowest BCUT2D eigenvalue weighted by molar-refractivity contribution is 0.0938. The van der Waals surface area contributed by atoms with Crippen LogP contribution in [0.2, 0.25) is 0 Å². The Morgan fingerprint density at radius 2 is 1.93 bits per heavy atom. The van der Waals surface area contributed by atoms with Gasteiger partial charge in [0.2, 0.25) is 10.0 Å². The molecule has 6 heteroatoms. The summed E-state index contributed by atoms with van der Waals surface area (Å²) in [6.45, 7) is 3.88. The maximum Gasteiger partial charge on any atom is 0.251 e. The van der Waals surface area contributed by atoms with Gasteiger partial charge in [-0.2, -0.15) is 0 Å². The molecule has 0 aliphatic carbocycles. The third-order valence-electron chi connectivity index (χ3n) is 4.94. The number of hydrogen-bond donors (Lipinski definition) is 1. The van der Waals surface area contributed by atoms with Crippen LogP contribution in [0.5, 0.6) is 0 Å². The summed E-state index contributed by atoms with van der Waals surface area (Å²) < 4.78 is 25.4. The van der Waals surface area contributed by atoms with Gasteiger partial charge in [-0.3, -0.25) is 9.10 Å². The normalized spacial score (nSPS) is 17.4. The molecule has 0 saturated carbocycles. The second kappa shape index (κ2) is 7.72. The van der Waals surface area contributed by atoms with E-state index in [-0.39, 0.29) is 18.0 Å². The molecule has 1 N–H and O–H groups in total. The Bertz CT molecular complexity index is 926. The fourth-order valence-electron chi connectivity index (χ4n) is 3.66. The summed E-state index contributed by atoms with van der Waals surface area (Å²) in [6.07, 6.45) is 3.60. The second-order valence-corrected chi connectivity index (χ2v) is 9.21. The molecule has 0 spiro atoms. The monoisotopic (exact) mass is 386 g/mol. The summed E-state index contributed by atoms with van der Waals surface area (Å²) in [5.74, 6) is -0.121. The summed E-state index contributed by atoms with van der Waals surface area (Å²) in [5, 5.41) is 3.04. The highest BCUT2D eigenvalue weighted by Crippen LogP contribution is 2.34. The van der Waals surface area contributed by atoms with E-state index in [1.54, 1.807) is 12.1 Å². The molecule has 2 atom stereocenters. The van der Waals surface area contributed by atoms with Crippen molar-refractivity contribution in [3.8, 4) is 0 Å². The largest absolute Gasteiger partial charge is 0.350 e. The molecule has 0 fully saturated rings. The van der Waals surface area contributed by atoms with E-state index in [0.717, 1.165) is 18.4 Å². The zero-order valence-corrected chi connectivity index (χ0v) is 16.8. The molecule has 1 heterocycles. The number of benzene rings is 2. The summed E-state index contributed by atoms with van der Waals surface area (Å²) in [4.78, 5) is 12.6. The van der Waals surface area contributed by atoms with Crippen molar-refractivity contribution < 1.29 is 13.2 Å². The molecule has 3 rings (SSSR count). The van der Waals surface area contributed by atoms with Gasteiger partial charge in [0.15, 0.2) is 0 Å². The molecule has 2 aromatic carbocycles. The highest BCUT2D eigenvalue weighted by atomic mass is 32.2. The van der Waals surface area contributed by atoms with Crippen LogP contribution in [0.1, 0.15) is 41.8 Å². The molecule has 0 bridgehead atoms. The van der Waals surface area contributed by atoms with E-state index in [1.807, 2.05) is 38.1 Å². The number of anilines is 1. The van der Waals surface area contributed by atoms with Crippen molar-refractivity contribution in [3.63, 3.8) is 0 Å². The molecular formula is C21H26N2O3S. The number of nitrogens with zero attached hydrogens (tertiary/aromatic N) is 1. The van der Waals surface area contributed by atoms with E-state index in [1.165, 1.54) is 16.1 Å². The summed E-state index contributed by atoms with van der Waals surface area (Å²) >= 11 is 0. The van der Waals surface area contributed by atoms with Crippen molar-refractivity contribution in [1.29, 1.82) is 0 Å². The first-order chi connectivity index (χ1) is 12.8. The maximum absolute atomic E-state index is 12.6. The van der Waals surface area contributed by atoms with Gasteiger partial charge in [0.25, 0.3) is 5.91 Å². The van der Waals surface area contributed by atoms with E-state index < -0.39 is 10.0 Å². The molecule has 0 saturated heterocycles. The minimum absolute atomic E-state index is 0.0532. The first-order valence-electron chi connectivity index (χ1n) is 9.23. The number of rotatable bonds is 6. The number of sulfonamides is 1. The van der Waals surface area contributed by atoms with Crippen LogP contribution in [0, 0.1) is 0 Å². The fourth-order valence-corrected chi connectivity index (χ4v) is 4.92. The van der Waals surface area contributed by atoms with Gasteiger partial charge in [0.05, 0.1) is 11.9 Å². The lowest BCUT2D eigenvalue weighted by atomic mass is 10.0. The Morgan fingerprint density at radius 1 is 1.22 bits per heavy atom. The van der Waals surface area contributed by atoms with Crippen LogP contribution in [-0.4, -0.2) is 32.7 Å². The molecule has 1 amide bonds. The van der Waals surface area contributed by atoms with Gasteiger partial charge >= 0.3 is 0 Å². The Balaban J connectivity index is 1.65. The van der Waals surface area contributed by atoms with Crippen LogP contribution in [0.25, 0.3) is 0 Å². The summed E-state index contributed by atoms with van der Waals surface area (Å²) in [7, 11) is -3.32. The molecule has 144 valence electrons. The number of carbonyl (C=O) groups excluding carboxylic acids is 1. The van der Waals surface area contributed by atoms with E-state index >= 15 is 0 Å². The minimum atomic E-state index is -3.32. The van der Waals surface area contributed by atoms with Crippen molar-refractivity contribution in [3.05, 3.63) is 65.2 Å². The average Bonchev–Trinajstić information content (AvgIpc) is 2.95. The zero-order chi connectivity index (χ0) is 19.6. The molecule has 1 aliphatic heterocycles. The first-order valence-corrected chi connectivity index (χ1v) is 11.1. The van der Waals surface area contributed by atoms with Gasteiger partial charge in [-0.1, -0.05) is 30.3 Å². The minimum Gasteiger partial charge on any atom is -0.350 e. The number of amides is 1. The van der Waals surface area contributed by atoms with E-state index in [4.69, 9.17) is 0 Å². The van der Waals surface area contributed by atoms with Gasteiger partial charge in [0, 0.05) is 17.6 Å². The second-order valence-electron chi connectivity index (χ2n) is 7.35. The van der Waals surface area contributed by atoms with E-state index in [0.29, 0.717) is 17.7 Å². The van der Waals surface area contributed by atoms with Crippen molar-refractivity contribution in [2.45, 2.75) is 45.2 Å². The molecule has 0 radical (unpaired) electrons. The van der Waals surface area contributed by atoms with Gasteiger partial charge in [-0.25, -0.2) is 8.42 Å². The average molecular weight is 387 g/mol. The standard InChI is InChI=1S/C21H26N2O3S/c1-15(9-10-17-7-5-4-6-8-17)22-21(24)18-11-12-20-19(14-18)13-16(2)23(20)27(3,25)26/h4-8,11-12,14-16H,9-10,13H2,1-3H3,(H,22,24). The predicted octanol–water partition coefficient (Wildman–Crippen LogP) is 3.15. The van der Waals surface area contributed by atoms with Gasteiger partial charge < -0.3 is 5.32 Å². The number of fused-ring (bicyclic) bond motifs is 1. The predicted molar refractivity (Wildman–Crippen MR) is 109 cm³/mol. The third kappa shape index (κ3) is 4.50. The molecule has 1 aliphatic rings. The number of carbonyl (C=O) groups is 1. The van der Waals surface area contributed by atoms with Crippen LogP contribution in [0.3, 0.4) is 0 Å². The lowest BCUT2D eigenvalue weighted by Crippen LogP contribution is -2.34. The topological polar surface area (TPSA) is 66.5 Å². The Hall–Kier alpha value is -2.34. The van der Waals surface area contributed by atoms with Crippen molar-refractivity contribution in [1.82, 2.24) is 5.32 Å². The van der Waals surface area contributed by atoms with Crippen molar-refractivity contribution in [2.75, 3.05) is 10.6 Å². The highest BCUT2D eigenvalue weighted by Gasteiger charge is 2.32. The van der Waals surface area contributed by atoms with Gasteiger partial charge in [-0.15, -0.1) is 0 Å². The van der Waals surface area contributed by atoms with Crippen molar-refractivity contribution >= 4 is 21.6 Å².